The fraction of sp³-hybridized carbons (Fsp3) is 0.500. The summed E-state index contributed by atoms with van der Waals surface area (Å²) in [6.07, 6.45) is -2.60. The minimum absolute atomic E-state index is 0.0892. The lowest BCUT2D eigenvalue weighted by molar-refractivity contribution is -0.151. The van der Waals surface area contributed by atoms with Crippen molar-refractivity contribution in [2.24, 2.45) is 0 Å². The molecule has 0 amide bonds. The van der Waals surface area contributed by atoms with Crippen molar-refractivity contribution >= 4 is 11.5 Å². The zero-order valence-electron chi connectivity index (χ0n) is 8.73. The van der Waals surface area contributed by atoms with Crippen molar-refractivity contribution in [2.75, 3.05) is 11.1 Å². The van der Waals surface area contributed by atoms with E-state index in [-0.39, 0.29) is 18.7 Å². The van der Waals surface area contributed by atoms with Gasteiger partial charge in [-0.25, -0.2) is 4.98 Å². The Morgan fingerprint density at radius 1 is 1.44 bits per heavy atom. The Hall–Kier alpha value is -1.46. The molecule has 0 saturated heterocycles. The second-order valence-electron chi connectivity index (χ2n) is 4.13. The van der Waals surface area contributed by atoms with Gasteiger partial charge in [0.1, 0.15) is 11.4 Å². The first-order chi connectivity index (χ1) is 7.34. The van der Waals surface area contributed by atoms with Gasteiger partial charge in [-0.05, 0) is 25.3 Å². The number of nitrogens with one attached hydrogen (secondary N) is 1. The molecule has 1 aliphatic rings. The van der Waals surface area contributed by atoms with Crippen LogP contribution in [0.15, 0.2) is 12.3 Å². The highest BCUT2D eigenvalue weighted by Crippen LogP contribution is 2.51. The molecule has 0 bridgehead atoms. The molecular weight excluding hydrogens is 219 g/mol. The normalized spacial score (nSPS) is 18.2. The molecule has 0 atom stereocenters. The quantitative estimate of drug-likeness (QED) is 0.822. The number of alkyl halides is 3. The molecule has 3 nitrogen and oxygen atoms in total. The summed E-state index contributed by atoms with van der Waals surface area (Å²) in [5, 5.41) is 2.42. The average molecular weight is 231 g/mol. The standard InChI is InChI=1S/C10H12F3N3/c1-6-5-15-8(4-7(6)14)16-9(2-3-9)10(11,12)13/h4-5H,2-3H2,1H3,(H3,14,15,16). The van der Waals surface area contributed by atoms with Gasteiger partial charge in [-0.3, -0.25) is 0 Å². The van der Waals surface area contributed by atoms with Crippen LogP contribution in [0.3, 0.4) is 0 Å². The van der Waals surface area contributed by atoms with Crippen molar-refractivity contribution in [3.05, 3.63) is 17.8 Å². The van der Waals surface area contributed by atoms with Gasteiger partial charge in [-0.1, -0.05) is 0 Å². The molecule has 0 aromatic carbocycles. The SMILES string of the molecule is Cc1cnc(NC2(C(F)(F)F)CC2)cc1N. The highest BCUT2D eigenvalue weighted by Gasteiger charge is 2.63. The second-order valence-corrected chi connectivity index (χ2v) is 4.13. The number of hydrogen-bond acceptors (Lipinski definition) is 3. The molecule has 6 heteroatoms. The molecule has 1 fully saturated rings. The molecule has 1 aromatic rings. The van der Waals surface area contributed by atoms with Crippen molar-refractivity contribution in [3.63, 3.8) is 0 Å². The summed E-state index contributed by atoms with van der Waals surface area (Å²) in [5.74, 6) is 0.179. The number of rotatable bonds is 2. The fourth-order valence-electron chi connectivity index (χ4n) is 1.46. The van der Waals surface area contributed by atoms with Gasteiger partial charge in [0, 0.05) is 18.0 Å². The van der Waals surface area contributed by atoms with Gasteiger partial charge in [-0.15, -0.1) is 0 Å². The van der Waals surface area contributed by atoms with Crippen LogP contribution < -0.4 is 11.1 Å². The third-order valence-corrected chi connectivity index (χ3v) is 2.80. The molecule has 0 unspecified atom stereocenters. The maximum atomic E-state index is 12.6. The number of hydrogen-bond donors (Lipinski definition) is 2. The van der Waals surface area contributed by atoms with Crippen LogP contribution in [-0.4, -0.2) is 16.7 Å². The van der Waals surface area contributed by atoms with Crippen molar-refractivity contribution in [1.82, 2.24) is 4.98 Å². The summed E-state index contributed by atoms with van der Waals surface area (Å²) >= 11 is 0. The van der Waals surface area contributed by atoms with E-state index >= 15 is 0 Å². The lowest BCUT2D eigenvalue weighted by Gasteiger charge is -2.21. The Kier molecular flexibility index (Phi) is 2.25. The fourth-order valence-corrected chi connectivity index (χ4v) is 1.46. The first kappa shape index (κ1) is 11.0. The molecule has 3 N–H and O–H groups in total. The van der Waals surface area contributed by atoms with Gasteiger partial charge in [0.15, 0.2) is 0 Å². The van der Waals surface area contributed by atoms with Crippen molar-refractivity contribution in [2.45, 2.75) is 31.5 Å². The Morgan fingerprint density at radius 3 is 2.50 bits per heavy atom. The van der Waals surface area contributed by atoms with Crippen LogP contribution in [-0.2, 0) is 0 Å². The largest absolute Gasteiger partial charge is 0.411 e. The van der Waals surface area contributed by atoms with E-state index in [1.165, 1.54) is 12.3 Å². The molecule has 0 aliphatic heterocycles. The lowest BCUT2D eigenvalue weighted by atomic mass is 10.2. The van der Waals surface area contributed by atoms with Gasteiger partial charge in [0.25, 0.3) is 0 Å². The van der Waals surface area contributed by atoms with Crippen LogP contribution in [0.25, 0.3) is 0 Å². The maximum absolute atomic E-state index is 12.6. The second kappa shape index (κ2) is 3.26. The van der Waals surface area contributed by atoms with E-state index in [1.807, 2.05) is 0 Å². The van der Waals surface area contributed by atoms with Gasteiger partial charge in [-0.2, -0.15) is 13.2 Å². The molecule has 1 aromatic heterocycles. The predicted molar refractivity (Wildman–Crippen MR) is 55.0 cm³/mol. The Bertz CT molecular complexity index is 410. The molecule has 0 radical (unpaired) electrons. The van der Waals surface area contributed by atoms with Crippen molar-refractivity contribution < 1.29 is 13.2 Å². The van der Waals surface area contributed by atoms with E-state index in [1.54, 1.807) is 6.92 Å². The first-order valence-electron chi connectivity index (χ1n) is 4.91. The number of anilines is 2. The zero-order chi connectivity index (χ0) is 12.0. The van der Waals surface area contributed by atoms with E-state index in [4.69, 9.17) is 5.73 Å². The summed E-state index contributed by atoms with van der Waals surface area (Å²) in [5.41, 5.74) is 5.01. The van der Waals surface area contributed by atoms with Crippen molar-refractivity contribution in [1.29, 1.82) is 0 Å². The number of nitrogens with zero attached hydrogens (tertiary/aromatic N) is 1. The summed E-state index contributed by atoms with van der Waals surface area (Å²) < 4.78 is 37.9. The highest BCUT2D eigenvalue weighted by atomic mass is 19.4. The minimum Gasteiger partial charge on any atom is -0.398 e. The number of nitrogens with two attached hydrogens (primary N) is 1. The van der Waals surface area contributed by atoms with E-state index in [2.05, 4.69) is 10.3 Å². The van der Waals surface area contributed by atoms with Gasteiger partial charge in [0.2, 0.25) is 0 Å². The molecule has 1 heterocycles. The number of aryl methyl sites for hydroxylation is 1. The number of nitrogen functional groups attached to an aromatic ring is 1. The molecular formula is C10H12F3N3. The molecule has 1 saturated carbocycles. The third-order valence-electron chi connectivity index (χ3n) is 2.80. The lowest BCUT2D eigenvalue weighted by Crippen LogP contribution is -2.38. The van der Waals surface area contributed by atoms with Crippen molar-refractivity contribution in [3.8, 4) is 0 Å². The number of pyridine rings is 1. The zero-order valence-corrected chi connectivity index (χ0v) is 8.73. The number of aromatic nitrogens is 1. The van der Waals surface area contributed by atoms with Gasteiger partial charge in [0.05, 0.1) is 0 Å². The van der Waals surface area contributed by atoms with Gasteiger partial charge >= 0.3 is 6.18 Å². The Balaban J connectivity index is 2.19. The van der Waals surface area contributed by atoms with E-state index < -0.39 is 11.7 Å². The van der Waals surface area contributed by atoms with E-state index in [0.29, 0.717) is 5.69 Å². The smallest absolute Gasteiger partial charge is 0.398 e. The molecule has 16 heavy (non-hydrogen) atoms. The van der Waals surface area contributed by atoms with Gasteiger partial charge < -0.3 is 11.1 Å². The maximum Gasteiger partial charge on any atom is 0.411 e. The number of halogens is 3. The third kappa shape index (κ3) is 1.79. The van der Waals surface area contributed by atoms with Crippen LogP contribution in [0.5, 0.6) is 0 Å². The van der Waals surface area contributed by atoms with Crippen LogP contribution in [0.1, 0.15) is 18.4 Å². The topological polar surface area (TPSA) is 50.9 Å². The van der Waals surface area contributed by atoms with E-state index in [0.717, 1.165) is 5.56 Å². The molecule has 2 rings (SSSR count). The first-order valence-corrected chi connectivity index (χ1v) is 4.91. The monoisotopic (exact) mass is 231 g/mol. The summed E-state index contributed by atoms with van der Waals surface area (Å²) in [4.78, 5) is 3.89. The van der Waals surface area contributed by atoms with Crippen LogP contribution in [0.4, 0.5) is 24.7 Å². The molecule has 1 aliphatic carbocycles. The van der Waals surface area contributed by atoms with Crippen LogP contribution >= 0.6 is 0 Å². The van der Waals surface area contributed by atoms with Crippen LogP contribution in [0.2, 0.25) is 0 Å². The average Bonchev–Trinajstić information content (AvgIpc) is 2.91. The summed E-state index contributed by atoms with van der Waals surface area (Å²) in [6.45, 7) is 1.75. The summed E-state index contributed by atoms with van der Waals surface area (Å²) in [7, 11) is 0. The minimum atomic E-state index is -4.24. The predicted octanol–water partition coefficient (Wildman–Crippen LogP) is 2.48. The van der Waals surface area contributed by atoms with Crippen LogP contribution in [0, 0.1) is 6.92 Å². The Morgan fingerprint density at radius 2 is 2.06 bits per heavy atom. The Labute approximate surface area is 90.9 Å². The summed E-state index contributed by atoms with van der Waals surface area (Å²) in [6, 6.07) is 1.43. The van der Waals surface area contributed by atoms with E-state index in [9.17, 15) is 13.2 Å². The highest BCUT2D eigenvalue weighted by molar-refractivity contribution is 5.55. The molecule has 0 spiro atoms. The molecule has 88 valence electrons.